The minimum Gasteiger partial charge on any atom is -0.338 e. The Morgan fingerprint density at radius 2 is 1.85 bits per heavy atom. The second kappa shape index (κ2) is 7.60. The SMILES string of the molecule is CCC(C)CNC(=O)Nc1n[nH]c2cc(-c3cc(C)cc(C)c3)ccc12. The van der Waals surface area contributed by atoms with Gasteiger partial charge in [0.05, 0.1) is 5.52 Å². The van der Waals surface area contributed by atoms with Crippen molar-refractivity contribution in [2.24, 2.45) is 5.92 Å². The van der Waals surface area contributed by atoms with Gasteiger partial charge in [-0.15, -0.1) is 0 Å². The zero-order chi connectivity index (χ0) is 18.7. The summed E-state index contributed by atoms with van der Waals surface area (Å²) in [6.45, 7) is 9.08. The molecule has 3 aromatic rings. The fourth-order valence-electron chi connectivity index (χ4n) is 3.00. The van der Waals surface area contributed by atoms with Crippen LogP contribution in [0.25, 0.3) is 22.0 Å². The molecule has 136 valence electrons. The molecule has 3 N–H and O–H groups in total. The molecule has 5 nitrogen and oxygen atoms in total. The first-order chi connectivity index (χ1) is 12.5. The molecule has 2 aromatic carbocycles. The van der Waals surface area contributed by atoms with E-state index in [2.05, 4.69) is 78.9 Å². The van der Waals surface area contributed by atoms with Gasteiger partial charge in [-0.25, -0.2) is 4.79 Å². The van der Waals surface area contributed by atoms with E-state index in [1.807, 2.05) is 6.07 Å². The van der Waals surface area contributed by atoms with E-state index in [0.717, 1.165) is 22.9 Å². The Morgan fingerprint density at radius 3 is 2.54 bits per heavy atom. The van der Waals surface area contributed by atoms with Crippen LogP contribution < -0.4 is 10.6 Å². The van der Waals surface area contributed by atoms with Crippen molar-refractivity contribution < 1.29 is 4.79 Å². The quantitative estimate of drug-likeness (QED) is 0.605. The van der Waals surface area contributed by atoms with Gasteiger partial charge >= 0.3 is 6.03 Å². The van der Waals surface area contributed by atoms with Crippen molar-refractivity contribution in [2.45, 2.75) is 34.1 Å². The number of anilines is 1. The Morgan fingerprint density at radius 1 is 1.12 bits per heavy atom. The Bertz CT molecular complexity index is 909. The summed E-state index contributed by atoms with van der Waals surface area (Å²) in [5.41, 5.74) is 5.69. The van der Waals surface area contributed by atoms with Gasteiger partial charge in [0.2, 0.25) is 0 Å². The molecule has 0 radical (unpaired) electrons. The summed E-state index contributed by atoms with van der Waals surface area (Å²) < 4.78 is 0. The molecule has 0 spiro atoms. The number of hydrogen-bond donors (Lipinski definition) is 3. The first-order valence-electron chi connectivity index (χ1n) is 9.08. The van der Waals surface area contributed by atoms with E-state index in [1.54, 1.807) is 0 Å². The number of carbonyl (C=O) groups is 1. The molecule has 26 heavy (non-hydrogen) atoms. The van der Waals surface area contributed by atoms with E-state index in [9.17, 15) is 4.79 Å². The molecule has 0 aliphatic heterocycles. The van der Waals surface area contributed by atoms with Crippen LogP contribution in [-0.2, 0) is 0 Å². The summed E-state index contributed by atoms with van der Waals surface area (Å²) in [4.78, 5) is 12.1. The number of rotatable bonds is 5. The third-order valence-electron chi connectivity index (χ3n) is 4.66. The summed E-state index contributed by atoms with van der Waals surface area (Å²) in [5, 5.41) is 13.9. The molecular formula is C21H26N4O. The van der Waals surface area contributed by atoms with Gasteiger partial charge in [0, 0.05) is 11.9 Å². The minimum atomic E-state index is -0.225. The first kappa shape index (κ1) is 18.0. The van der Waals surface area contributed by atoms with Crippen molar-refractivity contribution in [1.29, 1.82) is 0 Å². The van der Waals surface area contributed by atoms with E-state index in [-0.39, 0.29) is 6.03 Å². The number of aromatic amines is 1. The Balaban J connectivity index is 1.80. The number of hydrogen-bond acceptors (Lipinski definition) is 2. The summed E-state index contributed by atoms with van der Waals surface area (Å²) in [6.07, 6.45) is 1.03. The first-order valence-corrected chi connectivity index (χ1v) is 9.08. The van der Waals surface area contributed by atoms with Crippen molar-refractivity contribution in [1.82, 2.24) is 15.5 Å². The smallest absolute Gasteiger partial charge is 0.320 e. The average molecular weight is 350 g/mol. The lowest BCUT2D eigenvalue weighted by molar-refractivity contribution is 0.250. The molecule has 0 aliphatic carbocycles. The van der Waals surface area contributed by atoms with Gasteiger partial charge in [0.25, 0.3) is 0 Å². The molecule has 0 aliphatic rings. The number of H-pyrrole nitrogens is 1. The zero-order valence-electron chi connectivity index (χ0n) is 15.8. The number of aromatic nitrogens is 2. The Labute approximate surface area is 154 Å². The Kier molecular flexibility index (Phi) is 5.26. The molecule has 0 fully saturated rings. The predicted octanol–water partition coefficient (Wildman–Crippen LogP) is 5.01. The minimum absolute atomic E-state index is 0.225. The van der Waals surface area contributed by atoms with E-state index in [4.69, 9.17) is 0 Å². The van der Waals surface area contributed by atoms with Crippen LogP contribution in [0.5, 0.6) is 0 Å². The molecule has 3 rings (SSSR count). The number of benzene rings is 2. The largest absolute Gasteiger partial charge is 0.338 e. The molecule has 1 aromatic heterocycles. The maximum atomic E-state index is 12.1. The number of nitrogens with one attached hydrogen (secondary N) is 3. The lowest BCUT2D eigenvalue weighted by atomic mass is 10.00. The van der Waals surface area contributed by atoms with Crippen molar-refractivity contribution >= 4 is 22.8 Å². The van der Waals surface area contributed by atoms with Crippen LogP contribution in [0.2, 0.25) is 0 Å². The zero-order valence-corrected chi connectivity index (χ0v) is 15.8. The fraction of sp³-hybridized carbons (Fsp3) is 0.333. The molecule has 0 saturated heterocycles. The maximum absolute atomic E-state index is 12.1. The van der Waals surface area contributed by atoms with E-state index < -0.39 is 0 Å². The van der Waals surface area contributed by atoms with Gasteiger partial charge in [-0.3, -0.25) is 10.4 Å². The van der Waals surface area contributed by atoms with Crippen LogP contribution in [0.1, 0.15) is 31.4 Å². The molecule has 1 heterocycles. The fourth-order valence-corrected chi connectivity index (χ4v) is 3.00. The maximum Gasteiger partial charge on any atom is 0.320 e. The van der Waals surface area contributed by atoms with Crippen molar-refractivity contribution in [3.8, 4) is 11.1 Å². The van der Waals surface area contributed by atoms with Crippen molar-refractivity contribution in [2.75, 3.05) is 11.9 Å². The van der Waals surface area contributed by atoms with E-state index in [1.165, 1.54) is 16.7 Å². The van der Waals surface area contributed by atoms with E-state index in [0.29, 0.717) is 18.3 Å². The third kappa shape index (κ3) is 4.04. The second-order valence-corrected chi connectivity index (χ2v) is 7.06. The molecule has 2 amide bonds. The number of aryl methyl sites for hydroxylation is 2. The topological polar surface area (TPSA) is 69.8 Å². The van der Waals surface area contributed by atoms with E-state index >= 15 is 0 Å². The summed E-state index contributed by atoms with van der Waals surface area (Å²) in [5.74, 6) is 1.01. The monoisotopic (exact) mass is 350 g/mol. The molecule has 1 unspecified atom stereocenters. The number of fused-ring (bicyclic) bond motifs is 1. The third-order valence-corrected chi connectivity index (χ3v) is 4.66. The van der Waals surface area contributed by atoms with Gasteiger partial charge in [-0.05, 0) is 43.0 Å². The predicted molar refractivity (Wildman–Crippen MR) is 107 cm³/mol. The normalized spacial score (nSPS) is 12.2. The highest BCUT2D eigenvalue weighted by atomic mass is 16.2. The van der Waals surface area contributed by atoms with Crippen LogP contribution in [0.3, 0.4) is 0 Å². The Hall–Kier alpha value is -2.82. The molecule has 0 bridgehead atoms. The second-order valence-electron chi connectivity index (χ2n) is 7.06. The number of urea groups is 1. The van der Waals surface area contributed by atoms with Crippen LogP contribution in [0.15, 0.2) is 36.4 Å². The van der Waals surface area contributed by atoms with Gasteiger partial charge in [-0.2, -0.15) is 5.10 Å². The number of nitrogens with zero attached hydrogens (tertiary/aromatic N) is 1. The molecular weight excluding hydrogens is 324 g/mol. The standard InChI is InChI=1S/C21H26N4O/c1-5-13(2)12-22-21(26)23-20-18-7-6-16(11-19(18)24-25-20)17-9-14(3)8-15(4)10-17/h6-11,13H,5,12H2,1-4H3,(H3,22,23,24,25,26). The van der Waals surface area contributed by atoms with Gasteiger partial charge in [0.15, 0.2) is 5.82 Å². The highest BCUT2D eigenvalue weighted by molar-refractivity contribution is 6.00. The molecule has 1 atom stereocenters. The highest BCUT2D eigenvalue weighted by Gasteiger charge is 2.11. The summed E-state index contributed by atoms with van der Waals surface area (Å²) >= 11 is 0. The van der Waals surface area contributed by atoms with Gasteiger partial charge < -0.3 is 5.32 Å². The van der Waals surface area contributed by atoms with Crippen LogP contribution in [0.4, 0.5) is 10.6 Å². The van der Waals surface area contributed by atoms with Crippen LogP contribution in [0, 0.1) is 19.8 Å². The number of carbonyl (C=O) groups excluding carboxylic acids is 1. The van der Waals surface area contributed by atoms with Crippen molar-refractivity contribution in [3.05, 3.63) is 47.5 Å². The molecule has 0 saturated carbocycles. The summed E-state index contributed by atoms with van der Waals surface area (Å²) in [6, 6.07) is 12.4. The van der Waals surface area contributed by atoms with Crippen molar-refractivity contribution in [3.63, 3.8) is 0 Å². The van der Waals surface area contributed by atoms with Crippen LogP contribution >= 0.6 is 0 Å². The highest BCUT2D eigenvalue weighted by Crippen LogP contribution is 2.28. The lowest BCUT2D eigenvalue weighted by Crippen LogP contribution is -2.32. The number of amides is 2. The van der Waals surface area contributed by atoms with Gasteiger partial charge in [0.1, 0.15) is 0 Å². The lowest BCUT2D eigenvalue weighted by Gasteiger charge is -2.10. The van der Waals surface area contributed by atoms with Gasteiger partial charge in [-0.1, -0.05) is 55.7 Å². The summed E-state index contributed by atoms with van der Waals surface area (Å²) in [7, 11) is 0. The van der Waals surface area contributed by atoms with Crippen LogP contribution in [-0.4, -0.2) is 22.8 Å². The average Bonchev–Trinajstić information content (AvgIpc) is 3.01. The molecule has 5 heteroatoms.